The van der Waals surface area contributed by atoms with Crippen LogP contribution in [0.1, 0.15) is 56.2 Å². The Kier molecular flexibility index (Phi) is 8.95. The van der Waals surface area contributed by atoms with E-state index in [1.807, 2.05) is 37.3 Å². The van der Waals surface area contributed by atoms with Gasteiger partial charge in [0.05, 0.1) is 11.6 Å². The average molecular weight is 571 g/mol. The summed E-state index contributed by atoms with van der Waals surface area (Å²) in [6.45, 7) is 8.05. The standard InChI is InChI=1S/C29H37Cl2N7O/c1-19(34-28(32)39)21-5-7-26-24(16-21)27(33-18-22-4-6-23(30)17-25(22)31)36-29(35-26)38-14-9-20(10-15-38)8-13-37-11-2-3-12-37/h4-7,16-17,19-20H,2-3,8-15,18H2,1H3,(H3,32,34,39)(H,33,35,36). The SMILES string of the molecule is CC(NC(N)=O)c1ccc2nc(N3CCC(CCN4CCCC4)CC3)nc(NCc3ccc(Cl)cc3Cl)c2c1. The number of piperidine rings is 1. The predicted octanol–water partition coefficient (Wildman–Crippen LogP) is 5.98. The minimum absolute atomic E-state index is 0.246. The number of carbonyl (C=O) groups is 1. The van der Waals surface area contributed by atoms with Crippen LogP contribution in [0.2, 0.25) is 10.0 Å². The average Bonchev–Trinajstić information content (AvgIpc) is 3.44. The molecule has 2 aliphatic rings. The summed E-state index contributed by atoms with van der Waals surface area (Å²) in [5, 5.41) is 8.31. The Morgan fingerprint density at radius 1 is 1.08 bits per heavy atom. The first kappa shape index (κ1) is 27.7. The van der Waals surface area contributed by atoms with Crippen LogP contribution in [0.5, 0.6) is 0 Å². The van der Waals surface area contributed by atoms with Crippen molar-refractivity contribution in [2.75, 3.05) is 42.9 Å². The number of hydrogen-bond donors (Lipinski definition) is 3. The molecule has 3 heterocycles. The fourth-order valence-electron chi connectivity index (χ4n) is 5.61. The fraction of sp³-hybridized carbons (Fsp3) is 0.483. The van der Waals surface area contributed by atoms with Crippen LogP contribution in [-0.4, -0.2) is 53.6 Å². The maximum absolute atomic E-state index is 11.4. The molecule has 8 nitrogen and oxygen atoms in total. The summed E-state index contributed by atoms with van der Waals surface area (Å²) >= 11 is 12.5. The first-order valence-electron chi connectivity index (χ1n) is 13.9. The molecule has 3 aromatic rings. The topological polar surface area (TPSA) is 99.4 Å². The lowest BCUT2D eigenvalue weighted by atomic mass is 9.93. The van der Waals surface area contributed by atoms with Crippen molar-refractivity contribution in [2.24, 2.45) is 11.7 Å². The lowest BCUT2D eigenvalue weighted by Gasteiger charge is -2.33. The van der Waals surface area contributed by atoms with Crippen molar-refractivity contribution in [1.82, 2.24) is 20.2 Å². The number of hydrogen-bond acceptors (Lipinski definition) is 6. The second-order valence-electron chi connectivity index (χ2n) is 10.7. The number of likely N-dealkylation sites (tertiary alicyclic amines) is 1. The Morgan fingerprint density at radius 2 is 1.85 bits per heavy atom. The summed E-state index contributed by atoms with van der Waals surface area (Å²) < 4.78 is 0. The molecule has 4 N–H and O–H groups in total. The Balaban J connectivity index is 1.36. The Hall–Kier alpha value is -2.81. The number of fused-ring (bicyclic) bond motifs is 1. The van der Waals surface area contributed by atoms with Gasteiger partial charge in [0.15, 0.2) is 0 Å². The summed E-state index contributed by atoms with van der Waals surface area (Å²) in [5.41, 5.74) is 8.04. The smallest absolute Gasteiger partial charge is 0.312 e. The summed E-state index contributed by atoms with van der Waals surface area (Å²) in [5.74, 6) is 2.22. The maximum Gasteiger partial charge on any atom is 0.312 e. The third-order valence-electron chi connectivity index (χ3n) is 7.98. The molecule has 0 saturated carbocycles. The van der Waals surface area contributed by atoms with Gasteiger partial charge in [-0.05, 0) is 100.0 Å². The van der Waals surface area contributed by atoms with E-state index >= 15 is 0 Å². The van der Waals surface area contributed by atoms with Crippen molar-refractivity contribution in [1.29, 1.82) is 0 Å². The first-order valence-corrected chi connectivity index (χ1v) is 14.6. The Bertz CT molecular complexity index is 1310. The number of benzene rings is 2. The third kappa shape index (κ3) is 7.04. The molecule has 2 fully saturated rings. The van der Waals surface area contributed by atoms with Crippen molar-refractivity contribution in [3.05, 3.63) is 57.6 Å². The highest BCUT2D eigenvalue weighted by Gasteiger charge is 2.23. The van der Waals surface area contributed by atoms with Crippen molar-refractivity contribution < 1.29 is 4.79 Å². The van der Waals surface area contributed by atoms with Gasteiger partial charge in [-0.3, -0.25) is 0 Å². The molecule has 2 aliphatic heterocycles. The molecule has 2 saturated heterocycles. The molecule has 208 valence electrons. The van der Waals surface area contributed by atoms with Crippen molar-refractivity contribution in [3.8, 4) is 0 Å². The van der Waals surface area contributed by atoms with Gasteiger partial charge in [-0.2, -0.15) is 4.98 Å². The van der Waals surface area contributed by atoms with Gasteiger partial charge in [0.1, 0.15) is 5.82 Å². The number of anilines is 2. The van der Waals surface area contributed by atoms with Gasteiger partial charge in [0.25, 0.3) is 0 Å². The van der Waals surface area contributed by atoms with E-state index in [1.165, 1.54) is 38.9 Å². The van der Waals surface area contributed by atoms with Crippen molar-refractivity contribution >= 4 is 51.9 Å². The zero-order chi connectivity index (χ0) is 27.4. The summed E-state index contributed by atoms with van der Waals surface area (Å²) in [7, 11) is 0. The highest BCUT2D eigenvalue weighted by atomic mass is 35.5. The first-order chi connectivity index (χ1) is 18.9. The van der Waals surface area contributed by atoms with Crippen LogP contribution in [0.3, 0.4) is 0 Å². The minimum Gasteiger partial charge on any atom is -0.365 e. The number of amides is 2. The number of nitrogens with zero attached hydrogens (tertiary/aromatic N) is 4. The number of primary amides is 1. The van der Waals surface area contributed by atoms with Gasteiger partial charge in [-0.15, -0.1) is 0 Å². The molecular formula is C29H37Cl2N7O. The molecule has 0 spiro atoms. The largest absolute Gasteiger partial charge is 0.365 e. The number of urea groups is 1. The van der Waals surface area contributed by atoms with Crippen LogP contribution in [0.4, 0.5) is 16.6 Å². The molecule has 0 aliphatic carbocycles. The predicted molar refractivity (Wildman–Crippen MR) is 160 cm³/mol. The van der Waals surface area contributed by atoms with E-state index in [1.54, 1.807) is 6.07 Å². The normalized spacial score (nSPS) is 17.5. The maximum atomic E-state index is 11.4. The second-order valence-corrected chi connectivity index (χ2v) is 11.6. The van der Waals surface area contributed by atoms with Gasteiger partial charge in [-0.25, -0.2) is 9.78 Å². The monoisotopic (exact) mass is 569 g/mol. The number of rotatable bonds is 9. The van der Waals surface area contributed by atoms with Gasteiger partial charge in [0, 0.05) is 35.1 Å². The van der Waals surface area contributed by atoms with E-state index in [0.29, 0.717) is 16.6 Å². The lowest BCUT2D eigenvalue weighted by molar-refractivity contribution is 0.246. The molecule has 5 rings (SSSR count). The number of halogens is 2. The lowest BCUT2D eigenvalue weighted by Crippen LogP contribution is -2.36. The van der Waals surface area contributed by atoms with Crippen LogP contribution in [-0.2, 0) is 6.54 Å². The molecule has 2 aromatic carbocycles. The highest BCUT2D eigenvalue weighted by molar-refractivity contribution is 6.35. The zero-order valence-electron chi connectivity index (χ0n) is 22.4. The molecule has 2 amide bonds. The number of nitrogens with two attached hydrogens (primary N) is 1. The molecule has 10 heteroatoms. The fourth-order valence-corrected chi connectivity index (χ4v) is 6.09. The van der Waals surface area contributed by atoms with Gasteiger partial charge in [-0.1, -0.05) is 35.3 Å². The van der Waals surface area contributed by atoms with E-state index in [2.05, 4.69) is 20.4 Å². The van der Waals surface area contributed by atoms with E-state index in [4.69, 9.17) is 38.9 Å². The number of nitrogens with one attached hydrogen (secondary N) is 2. The molecule has 1 aromatic heterocycles. The number of carbonyl (C=O) groups excluding carboxylic acids is 1. The van der Waals surface area contributed by atoms with Crippen LogP contribution < -0.4 is 21.3 Å². The highest BCUT2D eigenvalue weighted by Crippen LogP contribution is 2.31. The molecule has 0 bridgehead atoms. The molecule has 1 unspecified atom stereocenters. The van der Waals surface area contributed by atoms with E-state index in [9.17, 15) is 4.79 Å². The molecule has 1 atom stereocenters. The van der Waals surface area contributed by atoms with E-state index < -0.39 is 6.03 Å². The summed E-state index contributed by atoms with van der Waals surface area (Å²) in [6, 6.07) is 10.7. The van der Waals surface area contributed by atoms with Gasteiger partial charge in [0.2, 0.25) is 5.95 Å². The Morgan fingerprint density at radius 3 is 2.56 bits per heavy atom. The van der Waals surface area contributed by atoms with Crippen LogP contribution in [0.25, 0.3) is 10.9 Å². The minimum atomic E-state index is -0.561. The molecule has 39 heavy (non-hydrogen) atoms. The van der Waals surface area contributed by atoms with Crippen molar-refractivity contribution in [2.45, 2.75) is 51.6 Å². The summed E-state index contributed by atoms with van der Waals surface area (Å²) in [4.78, 5) is 26.3. The Labute approximate surface area is 240 Å². The van der Waals surface area contributed by atoms with Gasteiger partial charge < -0.3 is 26.2 Å². The molecular weight excluding hydrogens is 533 g/mol. The quantitative estimate of drug-likeness (QED) is 0.293. The van der Waals surface area contributed by atoms with Crippen LogP contribution in [0, 0.1) is 5.92 Å². The van der Waals surface area contributed by atoms with Gasteiger partial charge >= 0.3 is 6.03 Å². The summed E-state index contributed by atoms with van der Waals surface area (Å²) in [6.07, 6.45) is 6.30. The third-order valence-corrected chi connectivity index (χ3v) is 8.56. The number of aromatic nitrogens is 2. The van der Waals surface area contributed by atoms with Crippen LogP contribution >= 0.6 is 23.2 Å². The van der Waals surface area contributed by atoms with Crippen LogP contribution in [0.15, 0.2) is 36.4 Å². The molecule has 0 radical (unpaired) electrons. The second kappa shape index (κ2) is 12.6. The van der Waals surface area contributed by atoms with E-state index in [0.717, 1.165) is 65.6 Å². The zero-order valence-corrected chi connectivity index (χ0v) is 23.9. The van der Waals surface area contributed by atoms with Crippen molar-refractivity contribution in [3.63, 3.8) is 0 Å². The van der Waals surface area contributed by atoms with E-state index in [-0.39, 0.29) is 6.04 Å².